The second-order valence-corrected chi connectivity index (χ2v) is 8.89. The Morgan fingerprint density at radius 1 is 1.18 bits per heavy atom. The van der Waals surface area contributed by atoms with Crippen LogP contribution in [0.1, 0.15) is 30.7 Å². The topological polar surface area (TPSA) is 97.0 Å². The number of aromatic nitrogens is 3. The molecule has 2 bridgehead atoms. The Hall–Kier alpha value is -2.58. The monoisotopic (exact) mass is 394 g/mol. The third kappa shape index (κ3) is 3.12. The van der Waals surface area contributed by atoms with Crippen molar-refractivity contribution in [2.45, 2.75) is 50.7 Å². The summed E-state index contributed by atoms with van der Waals surface area (Å²) < 4.78 is 0. The van der Waals surface area contributed by atoms with Crippen LogP contribution in [0.5, 0.6) is 0 Å². The number of fused-ring (bicyclic) bond motifs is 3. The van der Waals surface area contributed by atoms with Crippen molar-refractivity contribution in [1.82, 2.24) is 20.1 Å². The number of urea groups is 1. The van der Waals surface area contributed by atoms with Gasteiger partial charge in [-0.1, -0.05) is 23.5 Å². The van der Waals surface area contributed by atoms with Crippen LogP contribution in [0.15, 0.2) is 30.5 Å². The predicted octanol–water partition coefficient (Wildman–Crippen LogP) is 3.55. The van der Waals surface area contributed by atoms with Crippen molar-refractivity contribution in [3.8, 4) is 10.6 Å². The molecule has 2 amide bonds. The summed E-state index contributed by atoms with van der Waals surface area (Å²) in [4.78, 5) is 19.3. The van der Waals surface area contributed by atoms with Gasteiger partial charge in [0.25, 0.3) is 0 Å². The number of carbonyl (C=O) groups is 1. The van der Waals surface area contributed by atoms with E-state index in [9.17, 15) is 4.79 Å². The number of anilines is 1. The van der Waals surface area contributed by atoms with Crippen LogP contribution in [-0.2, 0) is 0 Å². The van der Waals surface area contributed by atoms with Crippen molar-refractivity contribution in [1.29, 1.82) is 0 Å². The van der Waals surface area contributed by atoms with Crippen LogP contribution in [0.3, 0.4) is 0 Å². The molecule has 2 aliphatic rings. The number of amides is 2. The zero-order chi connectivity index (χ0) is 19.3. The summed E-state index contributed by atoms with van der Waals surface area (Å²) in [6, 6.07) is 8.68. The van der Waals surface area contributed by atoms with Crippen LogP contribution in [0.2, 0.25) is 0 Å². The number of pyridine rings is 1. The van der Waals surface area contributed by atoms with Gasteiger partial charge >= 0.3 is 6.03 Å². The molecule has 3 aromatic rings. The van der Waals surface area contributed by atoms with Crippen LogP contribution < -0.4 is 11.1 Å². The molecule has 0 spiro atoms. The lowest BCUT2D eigenvalue weighted by molar-refractivity contribution is 0.150. The van der Waals surface area contributed by atoms with Gasteiger partial charge in [-0.15, -0.1) is 10.2 Å². The maximum absolute atomic E-state index is 12.9. The third-order valence-corrected chi connectivity index (χ3v) is 6.62. The van der Waals surface area contributed by atoms with Gasteiger partial charge in [0.2, 0.25) is 0 Å². The highest BCUT2D eigenvalue weighted by Crippen LogP contribution is 2.35. The van der Waals surface area contributed by atoms with Crippen molar-refractivity contribution in [3.63, 3.8) is 0 Å². The van der Waals surface area contributed by atoms with Crippen LogP contribution >= 0.6 is 11.3 Å². The molecule has 3 N–H and O–H groups in total. The highest BCUT2D eigenvalue weighted by atomic mass is 32.1. The summed E-state index contributed by atoms with van der Waals surface area (Å²) in [6.45, 7) is 1.94. The lowest BCUT2D eigenvalue weighted by atomic mass is 9.99. The molecule has 2 aromatic heterocycles. The fraction of sp³-hybridized carbons (Fsp3) is 0.400. The number of aryl methyl sites for hydroxylation is 1. The van der Waals surface area contributed by atoms with Gasteiger partial charge in [0.05, 0.1) is 0 Å². The number of hydrogen-bond acceptors (Lipinski definition) is 6. The second-order valence-electron chi connectivity index (χ2n) is 7.71. The fourth-order valence-corrected chi connectivity index (χ4v) is 5.17. The molecule has 3 atom stereocenters. The summed E-state index contributed by atoms with van der Waals surface area (Å²) in [5, 5.41) is 15.2. The summed E-state index contributed by atoms with van der Waals surface area (Å²) in [5.41, 5.74) is 7.14. The Morgan fingerprint density at radius 3 is 2.68 bits per heavy atom. The van der Waals surface area contributed by atoms with E-state index in [1.54, 1.807) is 17.5 Å². The number of rotatable bonds is 2. The highest BCUT2D eigenvalue weighted by molar-refractivity contribution is 7.14. The molecular weight excluding hydrogens is 372 g/mol. The number of nitrogens with zero attached hydrogens (tertiary/aromatic N) is 4. The van der Waals surface area contributed by atoms with Gasteiger partial charge in [-0.05, 0) is 50.1 Å². The number of hydrogen-bond donors (Lipinski definition) is 2. The molecule has 28 heavy (non-hydrogen) atoms. The molecule has 144 valence electrons. The normalized spacial score (nSPS) is 23.9. The van der Waals surface area contributed by atoms with E-state index in [4.69, 9.17) is 5.73 Å². The summed E-state index contributed by atoms with van der Waals surface area (Å²) >= 11 is 1.57. The molecule has 0 radical (unpaired) electrons. The molecule has 4 heterocycles. The Balaban J connectivity index is 1.39. The number of benzene rings is 1. The first-order valence-electron chi connectivity index (χ1n) is 9.62. The minimum Gasteiger partial charge on any atom is -0.328 e. The standard InChI is InChI=1S/C20H22N6OS/c1-11-24-25-19(28-11)12-2-3-13-10-22-18(7-14(13)6-12)23-20(27)26-16-4-5-17(26)9-15(21)8-16/h2-3,6-7,10,15-17H,4-5,8-9,21H2,1H3,(H,22,23,27)/t15?,16-,17+. The number of nitrogens with two attached hydrogens (primary N) is 1. The SMILES string of the molecule is Cc1nnc(-c2ccc3cnc(NC(=O)N4[C@@H]5CC[C@H]4CC(N)C5)cc3c2)s1. The van der Waals surface area contributed by atoms with Gasteiger partial charge < -0.3 is 10.6 Å². The lowest BCUT2D eigenvalue weighted by Crippen LogP contribution is -2.51. The van der Waals surface area contributed by atoms with E-state index in [0.29, 0.717) is 5.82 Å². The summed E-state index contributed by atoms with van der Waals surface area (Å²) in [5.74, 6) is 0.567. The van der Waals surface area contributed by atoms with Crippen LogP contribution in [-0.4, -0.2) is 44.2 Å². The lowest BCUT2D eigenvalue weighted by Gasteiger charge is -2.37. The van der Waals surface area contributed by atoms with Crippen molar-refractivity contribution < 1.29 is 4.79 Å². The molecule has 0 saturated carbocycles. The smallest absolute Gasteiger partial charge is 0.323 e. The highest BCUT2D eigenvalue weighted by Gasteiger charge is 2.42. The van der Waals surface area contributed by atoms with E-state index in [2.05, 4.69) is 26.6 Å². The van der Waals surface area contributed by atoms with Gasteiger partial charge in [-0.25, -0.2) is 9.78 Å². The van der Waals surface area contributed by atoms with E-state index >= 15 is 0 Å². The average Bonchev–Trinajstić information content (AvgIpc) is 3.22. The van der Waals surface area contributed by atoms with Crippen LogP contribution in [0.25, 0.3) is 21.3 Å². The molecule has 5 rings (SSSR count). The molecule has 2 fully saturated rings. The number of carbonyl (C=O) groups excluding carboxylic acids is 1. The fourth-order valence-electron chi connectivity index (χ4n) is 4.48. The molecule has 0 aliphatic carbocycles. The van der Waals surface area contributed by atoms with Crippen LogP contribution in [0.4, 0.5) is 10.6 Å². The number of nitrogens with one attached hydrogen (secondary N) is 1. The van der Waals surface area contributed by atoms with E-state index in [-0.39, 0.29) is 24.2 Å². The molecule has 8 heteroatoms. The quantitative estimate of drug-likeness (QED) is 0.693. The van der Waals surface area contributed by atoms with Gasteiger partial charge in [0.1, 0.15) is 15.8 Å². The largest absolute Gasteiger partial charge is 0.328 e. The van der Waals surface area contributed by atoms with Crippen molar-refractivity contribution in [3.05, 3.63) is 35.5 Å². The van der Waals surface area contributed by atoms with Crippen molar-refractivity contribution in [2.75, 3.05) is 5.32 Å². The minimum atomic E-state index is -0.0675. The Bertz CT molecular complexity index is 1040. The first-order chi connectivity index (χ1) is 13.6. The Kier molecular flexibility index (Phi) is 4.25. The Labute approximate surface area is 167 Å². The maximum Gasteiger partial charge on any atom is 0.323 e. The zero-order valence-electron chi connectivity index (χ0n) is 15.6. The van der Waals surface area contributed by atoms with Gasteiger partial charge in [-0.3, -0.25) is 5.32 Å². The van der Waals surface area contributed by atoms with Gasteiger partial charge in [-0.2, -0.15) is 0 Å². The maximum atomic E-state index is 12.9. The second kappa shape index (κ2) is 6.79. The predicted molar refractivity (Wildman–Crippen MR) is 110 cm³/mol. The van der Waals surface area contributed by atoms with E-state index < -0.39 is 0 Å². The number of piperidine rings is 1. The minimum absolute atomic E-state index is 0.0675. The van der Waals surface area contributed by atoms with Gasteiger partial charge in [0.15, 0.2) is 0 Å². The summed E-state index contributed by atoms with van der Waals surface area (Å²) in [6.07, 6.45) is 5.66. The molecule has 1 aromatic carbocycles. The van der Waals surface area contributed by atoms with Crippen molar-refractivity contribution >= 4 is 34.0 Å². The van der Waals surface area contributed by atoms with E-state index in [0.717, 1.165) is 52.0 Å². The molecular formula is C20H22N6OS. The van der Waals surface area contributed by atoms with Gasteiger partial charge in [0, 0.05) is 35.3 Å². The first-order valence-corrected chi connectivity index (χ1v) is 10.4. The molecule has 2 aliphatic heterocycles. The van der Waals surface area contributed by atoms with E-state index in [1.165, 1.54) is 0 Å². The summed E-state index contributed by atoms with van der Waals surface area (Å²) in [7, 11) is 0. The molecule has 1 unspecified atom stereocenters. The zero-order valence-corrected chi connectivity index (χ0v) is 16.4. The van der Waals surface area contributed by atoms with E-state index in [1.807, 2.05) is 30.0 Å². The van der Waals surface area contributed by atoms with Crippen molar-refractivity contribution in [2.24, 2.45) is 5.73 Å². The third-order valence-electron chi connectivity index (χ3n) is 5.73. The molecule has 2 saturated heterocycles. The Morgan fingerprint density at radius 2 is 1.96 bits per heavy atom. The average molecular weight is 395 g/mol. The first kappa shape index (κ1) is 17.5. The molecule has 7 nitrogen and oxygen atoms in total. The van der Waals surface area contributed by atoms with Crippen LogP contribution in [0, 0.1) is 6.92 Å².